The maximum Gasteiger partial charge on any atom is 0.230 e. The van der Waals surface area contributed by atoms with E-state index in [0.29, 0.717) is 10.8 Å². The molecule has 0 aliphatic carbocycles. The van der Waals surface area contributed by atoms with Crippen LogP contribution in [0.5, 0.6) is 0 Å². The van der Waals surface area contributed by atoms with Crippen LogP contribution in [0.1, 0.15) is 18.9 Å². The van der Waals surface area contributed by atoms with Gasteiger partial charge in [-0.2, -0.15) is 0 Å². The molecule has 3 nitrogen and oxygen atoms in total. The second-order valence-corrected chi connectivity index (χ2v) is 5.40. The third-order valence-corrected chi connectivity index (χ3v) is 3.71. The van der Waals surface area contributed by atoms with Crippen LogP contribution in [-0.2, 0) is 10.5 Å². The number of aliphatic hydroxyl groups is 1. The minimum Gasteiger partial charge on any atom is -0.394 e. The van der Waals surface area contributed by atoms with Crippen LogP contribution in [0, 0.1) is 0 Å². The third-order valence-electron chi connectivity index (χ3n) is 2.47. The van der Waals surface area contributed by atoms with Gasteiger partial charge in [-0.3, -0.25) is 4.79 Å². The van der Waals surface area contributed by atoms with Crippen molar-refractivity contribution in [2.75, 3.05) is 12.4 Å². The standard InChI is InChI=1S/C13H18ClNO2S/c1-2-12(7-16)15-13(17)9-18-8-10-4-3-5-11(14)6-10/h3-6,12,16H,2,7-9H2,1H3,(H,15,17)/t12-/m0/s1. The van der Waals surface area contributed by atoms with Crippen LogP contribution in [0.2, 0.25) is 5.02 Å². The van der Waals surface area contributed by atoms with Crippen LogP contribution < -0.4 is 5.32 Å². The minimum absolute atomic E-state index is 0.0127. The highest BCUT2D eigenvalue weighted by Gasteiger charge is 2.08. The van der Waals surface area contributed by atoms with Crippen molar-refractivity contribution in [3.05, 3.63) is 34.9 Å². The second-order valence-electron chi connectivity index (χ2n) is 3.98. The van der Waals surface area contributed by atoms with Crippen LogP contribution >= 0.6 is 23.4 Å². The maximum absolute atomic E-state index is 11.6. The zero-order valence-electron chi connectivity index (χ0n) is 10.4. The fourth-order valence-electron chi connectivity index (χ4n) is 1.43. The summed E-state index contributed by atoms with van der Waals surface area (Å²) < 4.78 is 0. The van der Waals surface area contributed by atoms with Crippen LogP contribution in [0.3, 0.4) is 0 Å². The molecule has 0 saturated heterocycles. The molecule has 5 heteroatoms. The zero-order chi connectivity index (χ0) is 13.4. The van der Waals surface area contributed by atoms with Gasteiger partial charge in [0.15, 0.2) is 0 Å². The molecule has 0 radical (unpaired) electrons. The summed E-state index contributed by atoms with van der Waals surface area (Å²) in [4.78, 5) is 11.6. The summed E-state index contributed by atoms with van der Waals surface area (Å²) in [7, 11) is 0. The number of carbonyl (C=O) groups excluding carboxylic acids is 1. The fourth-order valence-corrected chi connectivity index (χ4v) is 2.43. The van der Waals surface area contributed by atoms with Gasteiger partial charge in [-0.15, -0.1) is 11.8 Å². The zero-order valence-corrected chi connectivity index (χ0v) is 11.9. The summed E-state index contributed by atoms with van der Waals surface area (Å²) in [5, 5.41) is 12.5. The first-order valence-electron chi connectivity index (χ1n) is 5.88. The minimum atomic E-state index is -0.135. The Hall–Kier alpha value is -0.710. The molecule has 1 amide bonds. The first-order chi connectivity index (χ1) is 8.65. The van der Waals surface area contributed by atoms with E-state index in [1.165, 1.54) is 11.8 Å². The lowest BCUT2D eigenvalue weighted by Gasteiger charge is -2.13. The molecular formula is C13H18ClNO2S. The number of hydrogen-bond acceptors (Lipinski definition) is 3. The Morgan fingerprint density at radius 3 is 2.94 bits per heavy atom. The van der Waals surface area contributed by atoms with Gasteiger partial charge in [-0.1, -0.05) is 30.7 Å². The molecule has 1 aromatic rings. The van der Waals surface area contributed by atoms with Gasteiger partial charge >= 0.3 is 0 Å². The first kappa shape index (κ1) is 15.3. The number of aliphatic hydroxyl groups excluding tert-OH is 1. The molecule has 1 rings (SSSR count). The number of benzene rings is 1. The summed E-state index contributed by atoms with van der Waals surface area (Å²) in [6.07, 6.45) is 0.737. The molecule has 0 aliphatic rings. The number of carbonyl (C=O) groups is 1. The quantitative estimate of drug-likeness (QED) is 0.810. The normalized spacial score (nSPS) is 12.2. The highest BCUT2D eigenvalue weighted by molar-refractivity contribution is 7.99. The molecule has 0 fully saturated rings. The van der Waals surface area contributed by atoms with E-state index in [2.05, 4.69) is 5.32 Å². The largest absolute Gasteiger partial charge is 0.394 e. The Morgan fingerprint density at radius 2 is 2.33 bits per heavy atom. The summed E-state index contributed by atoms with van der Waals surface area (Å²) in [6, 6.07) is 7.48. The van der Waals surface area contributed by atoms with Crippen molar-refractivity contribution < 1.29 is 9.90 Å². The molecule has 0 bridgehead atoms. The SMILES string of the molecule is CC[C@@H](CO)NC(=O)CSCc1cccc(Cl)c1. The maximum atomic E-state index is 11.6. The van der Waals surface area contributed by atoms with Crippen molar-refractivity contribution >= 4 is 29.3 Å². The molecule has 0 aromatic heterocycles. The average molecular weight is 288 g/mol. The predicted octanol–water partition coefficient (Wildman–Crippen LogP) is 2.46. The van der Waals surface area contributed by atoms with Crippen LogP contribution in [0.15, 0.2) is 24.3 Å². The van der Waals surface area contributed by atoms with E-state index >= 15 is 0 Å². The number of amides is 1. The molecule has 2 N–H and O–H groups in total. The lowest BCUT2D eigenvalue weighted by atomic mass is 10.2. The van der Waals surface area contributed by atoms with Crippen LogP contribution in [0.25, 0.3) is 0 Å². The Balaban J connectivity index is 2.27. The summed E-state index contributed by atoms with van der Waals surface area (Å²) in [5.41, 5.74) is 1.11. The van der Waals surface area contributed by atoms with E-state index in [-0.39, 0.29) is 18.6 Å². The number of nitrogens with one attached hydrogen (secondary N) is 1. The van der Waals surface area contributed by atoms with Gasteiger partial charge in [0.2, 0.25) is 5.91 Å². The van der Waals surface area contributed by atoms with E-state index in [1.54, 1.807) is 0 Å². The van der Waals surface area contributed by atoms with Crippen molar-refractivity contribution in [3.8, 4) is 0 Å². The highest BCUT2D eigenvalue weighted by atomic mass is 35.5. The van der Waals surface area contributed by atoms with E-state index < -0.39 is 0 Å². The summed E-state index contributed by atoms with van der Waals surface area (Å²) in [6.45, 7) is 1.92. The van der Waals surface area contributed by atoms with E-state index in [9.17, 15) is 4.79 Å². The summed E-state index contributed by atoms with van der Waals surface area (Å²) in [5.74, 6) is 1.11. The molecular weight excluding hydrogens is 270 g/mol. The molecule has 0 aliphatic heterocycles. The van der Waals surface area contributed by atoms with Crippen molar-refractivity contribution in [2.24, 2.45) is 0 Å². The van der Waals surface area contributed by atoms with E-state index in [0.717, 1.165) is 17.7 Å². The van der Waals surface area contributed by atoms with Gasteiger partial charge in [0.25, 0.3) is 0 Å². The Bertz CT molecular complexity index is 383. The summed E-state index contributed by atoms with van der Waals surface area (Å²) >= 11 is 7.41. The topological polar surface area (TPSA) is 49.3 Å². The van der Waals surface area contributed by atoms with Crippen molar-refractivity contribution in [2.45, 2.75) is 25.1 Å². The fraction of sp³-hybridized carbons (Fsp3) is 0.462. The second kappa shape index (κ2) is 8.40. The van der Waals surface area contributed by atoms with Gasteiger partial charge in [-0.25, -0.2) is 0 Å². The van der Waals surface area contributed by atoms with Crippen LogP contribution in [0.4, 0.5) is 0 Å². The predicted molar refractivity (Wildman–Crippen MR) is 76.9 cm³/mol. The lowest BCUT2D eigenvalue weighted by Crippen LogP contribution is -2.37. The lowest BCUT2D eigenvalue weighted by molar-refractivity contribution is -0.119. The molecule has 0 saturated carbocycles. The molecule has 0 spiro atoms. The molecule has 0 unspecified atom stereocenters. The number of rotatable bonds is 7. The van der Waals surface area contributed by atoms with E-state index in [4.69, 9.17) is 16.7 Å². The van der Waals surface area contributed by atoms with Crippen molar-refractivity contribution in [1.29, 1.82) is 0 Å². The van der Waals surface area contributed by atoms with Crippen molar-refractivity contribution in [3.63, 3.8) is 0 Å². The van der Waals surface area contributed by atoms with Gasteiger partial charge in [0.1, 0.15) is 0 Å². The van der Waals surface area contributed by atoms with Gasteiger partial charge in [-0.05, 0) is 24.1 Å². The average Bonchev–Trinajstić information content (AvgIpc) is 2.36. The monoisotopic (exact) mass is 287 g/mol. The number of hydrogen-bond donors (Lipinski definition) is 2. The molecule has 100 valence electrons. The van der Waals surface area contributed by atoms with Gasteiger partial charge in [0.05, 0.1) is 18.4 Å². The number of thioether (sulfide) groups is 1. The molecule has 0 heterocycles. The molecule has 18 heavy (non-hydrogen) atoms. The number of halogens is 1. The molecule has 1 atom stereocenters. The highest BCUT2D eigenvalue weighted by Crippen LogP contribution is 2.16. The Kier molecular flexibility index (Phi) is 7.16. The van der Waals surface area contributed by atoms with Gasteiger partial charge in [0, 0.05) is 10.8 Å². The third kappa shape index (κ3) is 5.76. The van der Waals surface area contributed by atoms with E-state index in [1.807, 2.05) is 31.2 Å². The first-order valence-corrected chi connectivity index (χ1v) is 7.41. The Labute approximate surface area is 117 Å². The molecule has 1 aromatic carbocycles. The van der Waals surface area contributed by atoms with Gasteiger partial charge < -0.3 is 10.4 Å². The Morgan fingerprint density at radius 1 is 1.56 bits per heavy atom. The van der Waals surface area contributed by atoms with Crippen molar-refractivity contribution in [1.82, 2.24) is 5.32 Å². The van der Waals surface area contributed by atoms with Crippen LogP contribution in [-0.4, -0.2) is 29.4 Å². The smallest absolute Gasteiger partial charge is 0.230 e.